The molecular weight excluding hydrogens is 631 g/mol. The largest absolute Gasteiger partial charge is 0.292 e. The van der Waals surface area contributed by atoms with Gasteiger partial charge in [0.15, 0.2) is 17.5 Å². The van der Waals surface area contributed by atoms with Gasteiger partial charge in [0.2, 0.25) is 0 Å². The van der Waals surface area contributed by atoms with Gasteiger partial charge in [0, 0.05) is 49.1 Å². The first kappa shape index (κ1) is 28.7. The van der Waals surface area contributed by atoms with Crippen molar-refractivity contribution in [2.45, 2.75) is 12.8 Å². The fourth-order valence-electron chi connectivity index (χ4n) is 7.11. The standard InChI is InChI=1S/C44H29N5S/c1-4-12-28(13-5-1)31-20-22-33-35-23-24-36-34-18-10-11-19-38(34)50-41(36)40(35)49(37(33)26-31)39-25-21-32(27-45-39)44-47-42(29-14-6-2-7-15-29)46-43(48-44)30-16-8-3-9-17-30/h2-4,6-27H,1,5H2. The number of allylic oxidation sites excluding steroid dienone is 4. The first-order chi connectivity index (χ1) is 24.8. The van der Waals surface area contributed by atoms with Gasteiger partial charge in [-0.25, -0.2) is 19.9 Å². The summed E-state index contributed by atoms with van der Waals surface area (Å²) >= 11 is 1.85. The molecule has 0 N–H and O–H groups in total. The van der Waals surface area contributed by atoms with E-state index in [9.17, 15) is 0 Å². The maximum Gasteiger partial charge on any atom is 0.165 e. The molecule has 1 aliphatic carbocycles. The number of hydrogen-bond donors (Lipinski definition) is 0. The highest BCUT2D eigenvalue weighted by Gasteiger charge is 2.20. The Morgan fingerprint density at radius 3 is 1.90 bits per heavy atom. The molecule has 0 saturated heterocycles. The van der Waals surface area contributed by atoms with Gasteiger partial charge >= 0.3 is 0 Å². The van der Waals surface area contributed by atoms with Crippen LogP contribution in [-0.4, -0.2) is 24.5 Å². The average Bonchev–Trinajstić information content (AvgIpc) is 3.74. The van der Waals surface area contributed by atoms with Crippen LogP contribution in [0.4, 0.5) is 0 Å². The quantitative estimate of drug-likeness (QED) is 0.184. The smallest absolute Gasteiger partial charge is 0.165 e. The zero-order valence-corrected chi connectivity index (χ0v) is 27.8. The Balaban J connectivity index is 1.18. The van der Waals surface area contributed by atoms with Crippen molar-refractivity contribution in [3.05, 3.63) is 157 Å². The van der Waals surface area contributed by atoms with Crippen LogP contribution in [0.3, 0.4) is 0 Å². The predicted octanol–water partition coefficient (Wildman–Crippen LogP) is 11.5. The fraction of sp³-hybridized carbons (Fsp3) is 0.0455. The van der Waals surface area contributed by atoms with E-state index in [1.54, 1.807) is 0 Å². The van der Waals surface area contributed by atoms with E-state index in [4.69, 9.17) is 19.9 Å². The van der Waals surface area contributed by atoms with E-state index in [-0.39, 0.29) is 0 Å². The van der Waals surface area contributed by atoms with Crippen LogP contribution >= 0.6 is 11.3 Å². The van der Waals surface area contributed by atoms with E-state index in [1.165, 1.54) is 47.6 Å². The number of pyridine rings is 1. The second kappa shape index (κ2) is 11.7. The molecular formula is C44H29N5S. The summed E-state index contributed by atoms with van der Waals surface area (Å²) in [6.45, 7) is 0. The van der Waals surface area contributed by atoms with Crippen molar-refractivity contribution in [1.82, 2.24) is 24.5 Å². The molecule has 0 spiro atoms. The summed E-state index contributed by atoms with van der Waals surface area (Å²) in [5.41, 5.74) is 7.51. The van der Waals surface area contributed by atoms with Crippen molar-refractivity contribution < 1.29 is 0 Å². The van der Waals surface area contributed by atoms with Gasteiger partial charge in [0.05, 0.1) is 15.7 Å². The SMILES string of the molecule is C1=CC(c2ccc3c4ccc5c6ccccc6sc5c4n(-c4ccc(-c5nc(-c6ccccc6)nc(-c6ccccc6)n5)cn4)c3c2)=CCC1. The number of nitrogens with zero attached hydrogens (tertiary/aromatic N) is 5. The third-order valence-corrected chi connectivity index (χ3v) is 10.7. The van der Waals surface area contributed by atoms with Gasteiger partial charge in [0.1, 0.15) is 5.82 Å². The molecule has 50 heavy (non-hydrogen) atoms. The zero-order valence-electron chi connectivity index (χ0n) is 27.0. The highest BCUT2D eigenvalue weighted by molar-refractivity contribution is 7.26. The van der Waals surface area contributed by atoms with Crippen molar-refractivity contribution >= 4 is 58.9 Å². The first-order valence-electron chi connectivity index (χ1n) is 16.9. The Bertz CT molecular complexity index is 2740. The van der Waals surface area contributed by atoms with Gasteiger partial charge in [-0.05, 0) is 48.2 Å². The minimum Gasteiger partial charge on any atom is -0.292 e. The lowest BCUT2D eigenvalue weighted by molar-refractivity contribution is 1.04. The highest BCUT2D eigenvalue weighted by atomic mass is 32.1. The third-order valence-electron chi connectivity index (χ3n) is 9.54. The number of hydrogen-bond acceptors (Lipinski definition) is 5. The van der Waals surface area contributed by atoms with Crippen LogP contribution in [-0.2, 0) is 0 Å². The van der Waals surface area contributed by atoms with Gasteiger partial charge in [0.25, 0.3) is 0 Å². The van der Waals surface area contributed by atoms with Gasteiger partial charge in [-0.15, -0.1) is 11.3 Å². The minimum absolute atomic E-state index is 0.587. The molecule has 0 atom stereocenters. The van der Waals surface area contributed by atoms with Crippen molar-refractivity contribution in [3.8, 4) is 40.0 Å². The fourth-order valence-corrected chi connectivity index (χ4v) is 8.35. The molecule has 0 fully saturated rings. The summed E-state index contributed by atoms with van der Waals surface area (Å²) in [5, 5.41) is 4.99. The summed E-state index contributed by atoms with van der Waals surface area (Å²) in [4.78, 5) is 19.9. The summed E-state index contributed by atoms with van der Waals surface area (Å²) in [5.74, 6) is 2.70. The molecule has 9 aromatic rings. The topological polar surface area (TPSA) is 56.5 Å². The number of thiophene rings is 1. The van der Waals surface area contributed by atoms with Crippen LogP contribution in [0.5, 0.6) is 0 Å². The van der Waals surface area contributed by atoms with Crippen LogP contribution in [0.2, 0.25) is 0 Å². The van der Waals surface area contributed by atoms with E-state index in [2.05, 4.69) is 89.5 Å². The van der Waals surface area contributed by atoms with Crippen LogP contribution in [0.15, 0.2) is 152 Å². The Labute approximate surface area is 292 Å². The number of fused-ring (bicyclic) bond motifs is 7. The van der Waals surface area contributed by atoms with Gasteiger partial charge in [-0.2, -0.15) is 0 Å². The lowest BCUT2D eigenvalue weighted by atomic mass is 9.98. The highest BCUT2D eigenvalue weighted by Crippen LogP contribution is 2.43. The molecule has 5 aromatic carbocycles. The molecule has 4 aromatic heterocycles. The molecule has 236 valence electrons. The summed E-state index contributed by atoms with van der Waals surface area (Å²) in [7, 11) is 0. The van der Waals surface area contributed by atoms with Crippen molar-refractivity contribution in [2.75, 3.05) is 0 Å². The average molecular weight is 660 g/mol. The molecule has 0 bridgehead atoms. The van der Waals surface area contributed by atoms with Crippen LogP contribution in [0, 0.1) is 0 Å². The van der Waals surface area contributed by atoms with Gasteiger partial charge in [-0.1, -0.05) is 121 Å². The van der Waals surface area contributed by atoms with Crippen molar-refractivity contribution in [3.63, 3.8) is 0 Å². The number of rotatable bonds is 5. The van der Waals surface area contributed by atoms with Crippen molar-refractivity contribution in [1.29, 1.82) is 0 Å². The van der Waals surface area contributed by atoms with Gasteiger partial charge < -0.3 is 0 Å². The first-order valence-corrected chi connectivity index (χ1v) is 17.7. The van der Waals surface area contributed by atoms with E-state index >= 15 is 0 Å². The van der Waals surface area contributed by atoms with Crippen molar-refractivity contribution in [2.24, 2.45) is 0 Å². The maximum atomic E-state index is 5.14. The Kier molecular flexibility index (Phi) is 6.74. The van der Waals surface area contributed by atoms with Crippen LogP contribution < -0.4 is 0 Å². The molecule has 6 heteroatoms. The van der Waals surface area contributed by atoms with E-state index in [0.717, 1.165) is 40.9 Å². The molecule has 0 radical (unpaired) electrons. The number of benzene rings is 5. The van der Waals surface area contributed by atoms with Crippen LogP contribution in [0.25, 0.3) is 87.5 Å². The summed E-state index contributed by atoms with van der Waals surface area (Å²) in [6.07, 6.45) is 10.9. The Morgan fingerprint density at radius 1 is 0.540 bits per heavy atom. The molecule has 10 rings (SSSR count). The summed E-state index contributed by atoms with van der Waals surface area (Å²) in [6, 6.07) is 44.4. The van der Waals surface area contributed by atoms with Gasteiger partial charge in [-0.3, -0.25) is 4.57 Å². The molecule has 0 amide bonds. The zero-order chi connectivity index (χ0) is 33.0. The van der Waals surface area contributed by atoms with E-state index < -0.39 is 0 Å². The van der Waals surface area contributed by atoms with E-state index in [1.807, 2.05) is 78.2 Å². The normalized spacial score (nSPS) is 13.1. The molecule has 1 aliphatic rings. The maximum absolute atomic E-state index is 5.14. The predicted molar refractivity (Wildman–Crippen MR) is 208 cm³/mol. The summed E-state index contributed by atoms with van der Waals surface area (Å²) < 4.78 is 4.90. The lowest BCUT2D eigenvalue weighted by Crippen LogP contribution is -2.02. The monoisotopic (exact) mass is 659 g/mol. The second-order valence-corrected chi connectivity index (χ2v) is 13.6. The molecule has 5 nitrogen and oxygen atoms in total. The molecule has 0 aliphatic heterocycles. The van der Waals surface area contributed by atoms with E-state index in [0.29, 0.717) is 17.5 Å². The van der Waals surface area contributed by atoms with Crippen LogP contribution in [0.1, 0.15) is 18.4 Å². The Morgan fingerprint density at radius 2 is 1.20 bits per heavy atom. The number of aromatic nitrogens is 5. The second-order valence-electron chi connectivity index (χ2n) is 12.6. The lowest BCUT2D eigenvalue weighted by Gasteiger charge is -2.11. The third kappa shape index (κ3) is 4.76. The molecule has 0 unspecified atom stereocenters. The molecule has 0 saturated carbocycles. The molecule has 4 heterocycles. The minimum atomic E-state index is 0.587. The Hall–Kier alpha value is -6.24.